The molecule has 0 bridgehead atoms. The fraction of sp³-hybridized carbons (Fsp3) is 0.368. The number of aromatic amines is 1. The van der Waals surface area contributed by atoms with Crippen LogP contribution in [0.3, 0.4) is 0 Å². The second-order valence-electron chi connectivity index (χ2n) is 6.85. The number of fused-ring (bicyclic) bond motifs is 2. The fourth-order valence-electron chi connectivity index (χ4n) is 3.73. The number of rotatable bonds is 3. The van der Waals surface area contributed by atoms with Crippen LogP contribution >= 0.6 is 0 Å². The van der Waals surface area contributed by atoms with Crippen LogP contribution in [-0.2, 0) is 24.2 Å². The summed E-state index contributed by atoms with van der Waals surface area (Å²) < 4.78 is 15.7. The van der Waals surface area contributed by atoms with Gasteiger partial charge in [0.2, 0.25) is 5.91 Å². The van der Waals surface area contributed by atoms with E-state index in [4.69, 9.17) is 0 Å². The van der Waals surface area contributed by atoms with Gasteiger partial charge < -0.3 is 14.9 Å². The molecule has 0 fully saturated rings. The topological polar surface area (TPSA) is 62.7 Å². The van der Waals surface area contributed by atoms with Crippen LogP contribution in [0.25, 0.3) is 10.9 Å². The van der Waals surface area contributed by atoms with Crippen LogP contribution in [0, 0.1) is 19.7 Å². The lowest BCUT2D eigenvalue weighted by molar-refractivity contribution is -0.121. The van der Waals surface area contributed by atoms with E-state index in [-0.39, 0.29) is 24.2 Å². The lowest BCUT2D eigenvalue weighted by Gasteiger charge is -2.24. The Morgan fingerprint density at radius 1 is 1.44 bits per heavy atom. The predicted molar refractivity (Wildman–Crippen MR) is 93.9 cm³/mol. The lowest BCUT2D eigenvalue weighted by atomic mass is 10.0. The molecule has 4 rings (SSSR count). The zero-order valence-electron chi connectivity index (χ0n) is 14.4. The minimum atomic E-state index is -0.288. The molecule has 5 nitrogen and oxygen atoms in total. The van der Waals surface area contributed by atoms with Crippen molar-refractivity contribution in [3.8, 4) is 0 Å². The number of halogens is 1. The maximum atomic E-state index is 13.6. The third kappa shape index (κ3) is 3.04. The van der Waals surface area contributed by atoms with Gasteiger partial charge in [0.15, 0.2) is 0 Å². The molecule has 0 aliphatic carbocycles. The van der Waals surface area contributed by atoms with Crippen LogP contribution in [0.1, 0.15) is 29.2 Å². The van der Waals surface area contributed by atoms with Gasteiger partial charge in [0.25, 0.3) is 0 Å². The van der Waals surface area contributed by atoms with Crippen molar-refractivity contribution < 1.29 is 9.18 Å². The molecule has 25 heavy (non-hydrogen) atoms. The third-order valence-corrected chi connectivity index (χ3v) is 4.90. The average Bonchev–Trinajstić information content (AvgIpc) is 3.06. The Morgan fingerprint density at radius 2 is 2.28 bits per heavy atom. The van der Waals surface area contributed by atoms with Crippen molar-refractivity contribution in [3.63, 3.8) is 0 Å². The van der Waals surface area contributed by atoms with Crippen molar-refractivity contribution in [2.45, 2.75) is 45.7 Å². The van der Waals surface area contributed by atoms with Gasteiger partial charge in [0, 0.05) is 41.8 Å². The van der Waals surface area contributed by atoms with Crippen molar-refractivity contribution in [1.82, 2.24) is 19.9 Å². The SMILES string of the molecule is Cc1cn2c(n1)CC[C@H](NC(=O)Cc1c(C)[nH]c3ccc(F)cc13)C2. The number of hydrogen-bond acceptors (Lipinski definition) is 2. The number of carbonyl (C=O) groups excluding carboxylic acids is 1. The van der Waals surface area contributed by atoms with Crippen molar-refractivity contribution in [1.29, 1.82) is 0 Å². The van der Waals surface area contributed by atoms with Crippen LogP contribution in [-0.4, -0.2) is 26.5 Å². The van der Waals surface area contributed by atoms with Crippen molar-refractivity contribution >= 4 is 16.8 Å². The van der Waals surface area contributed by atoms with Gasteiger partial charge in [-0.15, -0.1) is 0 Å². The molecule has 1 atom stereocenters. The number of nitrogens with zero attached hydrogens (tertiary/aromatic N) is 2. The molecule has 6 heteroatoms. The number of H-pyrrole nitrogens is 1. The summed E-state index contributed by atoms with van der Waals surface area (Å²) in [6.45, 7) is 4.66. The van der Waals surface area contributed by atoms with Gasteiger partial charge >= 0.3 is 0 Å². The summed E-state index contributed by atoms with van der Waals surface area (Å²) in [4.78, 5) is 20.2. The van der Waals surface area contributed by atoms with Crippen LogP contribution in [0.4, 0.5) is 4.39 Å². The molecule has 2 N–H and O–H groups in total. The summed E-state index contributed by atoms with van der Waals surface area (Å²) in [7, 11) is 0. The van der Waals surface area contributed by atoms with E-state index < -0.39 is 0 Å². The second kappa shape index (κ2) is 6.02. The summed E-state index contributed by atoms with van der Waals surface area (Å²) in [5.41, 5.74) is 3.64. The van der Waals surface area contributed by atoms with Gasteiger partial charge in [-0.2, -0.15) is 0 Å². The van der Waals surface area contributed by atoms with E-state index in [2.05, 4.69) is 19.9 Å². The number of imidazole rings is 1. The monoisotopic (exact) mass is 340 g/mol. The molecule has 1 aliphatic heterocycles. The number of benzene rings is 1. The first-order chi connectivity index (χ1) is 12.0. The average molecular weight is 340 g/mol. The second-order valence-corrected chi connectivity index (χ2v) is 6.85. The molecule has 3 aromatic rings. The van der Waals surface area contributed by atoms with Crippen LogP contribution in [0.2, 0.25) is 0 Å². The Labute approximate surface area is 145 Å². The van der Waals surface area contributed by atoms with Crippen LogP contribution in [0.15, 0.2) is 24.4 Å². The maximum Gasteiger partial charge on any atom is 0.224 e. The van der Waals surface area contributed by atoms with Gasteiger partial charge in [-0.3, -0.25) is 4.79 Å². The van der Waals surface area contributed by atoms with Gasteiger partial charge in [-0.1, -0.05) is 0 Å². The summed E-state index contributed by atoms with van der Waals surface area (Å²) >= 11 is 0. The van der Waals surface area contributed by atoms with Gasteiger partial charge in [-0.25, -0.2) is 9.37 Å². The largest absolute Gasteiger partial charge is 0.358 e. The quantitative estimate of drug-likeness (QED) is 0.770. The molecule has 0 spiro atoms. The highest BCUT2D eigenvalue weighted by atomic mass is 19.1. The highest BCUT2D eigenvalue weighted by molar-refractivity contribution is 5.90. The summed E-state index contributed by atoms with van der Waals surface area (Å²) in [6, 6.07) is 4.73. The minimum absolute atomic E-state index is 0.0291. The Kier molecular flexibility index (Phi) is 3.82. The number of nitrogens with one attached hydrogen (secondary N) is 2. The molecule has 0 unspecified atom stereocenters. The smallest absolute Gasteiger partial charge is 0.224 e. The molecule has 3 heterocycles. The van der Waals surface area contributed by atoms with E-state index in [1.54, 1.807) is 6.07 Å². The van der Waals surface area contributed by atoms with Gasteiger partial charge in [0.1, 0.15) is 11.6 Å². The molecule has 1 aliphatic rings. The molecular weight excluding hydrogens is 319 g/mol. The van der Waals surface area contributed by atoms with Gasteiger partial charge in [-0.05, 0) is 44.0 Å². The number of carbonyl (C=O) groups is 1. The zero-order valence-corrected chi connectivity index (χ0v) is 14.4. The number of amides is 1. The lowest BCUT2D eigenvalue weighted by Crippen LogP contribution is -2.41. The van der Waals surface area contributed by atoms with E-state index in [0.717, 1.165) is 53.1 Å². The van der Waals surface area contributed by atoms with Crippen molar-refractivity contribution in [3.05, 3.63) is 53.0 Å². The fourth-order valence-corrected chi connectivity index (χ4v) is 3.73. The highest BCUT2D eigenvalue weighted by Gasteiger charge is 2.22. The molecule has 1 aromatic carbocycles. The van der Waals surface area contributed by atoms with E-state index in [1.165, 1.54) is 12.1 Å². The Bertz CT molecular complexity index is 956. The van der Waals surface area contributed by atoms with E-state index in [0.29, 0.717) is 0 Å². The summed E-state index contributed by atoms with van der Waals surface area (Å²) in [6.07, 6.45) is 4.04. The molecule has 2 aromatic heterocycles. The van der Waals surface area contributed by atoms with Gasteiger partial charge in [0.05, 0.1) is 12.1 Å². The predicted octanol–water partition coefficient (Wildman–Crippen LogP) is 2.79. The molecule has 130 valence electrons. The molecule has 0 saturated heterocycles. The summed E-state index contributed by atoms with van der Waals surface area (Å²) in [5.74, 6) is 0.771. The van der Waals surface area contributed by atoms with Crippen molar-refractivity contribution in [2.24, 2.45) is 0 Å². The number of hydrogen-bond donors (Lipinski definition) is 2. The highest BCUT2D eigenvalue weighted by Crippen LogP contribution is 2.24. The first-order valence-electron chi connectivity index (χ1n) is 8.58. The normalized spacial score (nSPS) is 16.8. The van der Waals surface area contributed by atoms with Crippen LogP contribution in [0.5, 0.6) is 0 Å². The Hall–Kier alpha value is -2.63. The zero-order chi connectivity index (χ0) is 17.6. The first kappa shape index (κ1) is 15.9. The maximum absolute atomic E-state index is 13.6. The number of aryl methyl sites for hydroxylation is 3. The van der Waals surface area contributed by atoms with E-state index in [1.807, 2.05) is 20.0 Å². The molecule has 0 radical (unpaired) electrons. The van der Waals surface area contributed by atoms with Crippen molar-refractivity contribution in [2.75, 3.05) is 0 Å². The van der Waals surface area contributed by atoms with E-state index >= 15 is 0 Å². The van der Waals surface area contributed by atoms with Crippen LogP contribution < -0.4 is 5.32 Å². The Balaban J connectivity index is 1.48. The van der Waals surface area contributed by atoms with E-state index in [9.17, 15) is 9.18 Å². The standard InChI is InChI=1S/C19H21FN4O/c1-11-9-24-10-14(4-6-18(24)21-11)23-19(25)8-15-12(2)22-17-5-3-13(20)7-16(15)17/h3,5,7,9,14,22H,4,6,8,10H2,1-2H3,(H,23,25)/t14-/m0/s1. The number of aromatic nitrogens is 3. The minimum Gasteiger partial charge on any atom is -0.358 e. The Morgan fingerprint density at radius 3 is 3.12 bits per heavy atom. The molecule has 1 amide bonds. The summed E-state index contributed by atoms with van der Waals surface area (Å²) in [5, 5.41) is 3.90. The third-order valence-electron chi connectivity index (χ3n) is 4.90. The molecular formula is C19H21FN4O. The molecule has 0 saturated carbocycles. The first-order valence-corrected chi connectivity index (χ1v) is 8.58.